The van der Waals surface area contributed by atoms with Gasteiger partial charge in [0, 0.05) is 0 Å². The Kier molecular flexibility index (Phi) is 2.89. The van der Waals surface area contributed by atoms with Crippen LogP contribution in [0.5, 0.6) is 0 Å². The molecule has 0 aromatic carbocycles. The molecule has 3 atom stereocenters. The average molecular weight is 186 g/mol. The first-order valence-electron chi connectivity index (χ1n) is 4.53. The molecule has 70 valence electrons. The van der Waals surface area contributed by atoms with Gasteiger partial charge in [0.1, 0.15) is 0 Å². The smallest absolute Gasteiger partial charge is 0.0724 e. The molecule has 0 spiro atoms. The third-order valence-electron chi connectivity index (χ3n) is 2.93. The van der Waals surface area contributed by atoms with Crippen LogP contribution in [0.15, 0.2) is 12.2 Å². The number of hydrogen-bond donors (Lipinski definition) is 2. The van der Waals surface area contributed by atoms with E-state index in [2.05, 4.69) is 26.1 Å². The first-order chi connectivity index (χ1) is 5.47. The van der Waals surface area contributed by atoms with Crippen molar-refractivity contribution in [3.63, 3.8) is 0 Å². The van der Waals surface area contributed by atoms with Crippen LogP contribution in [0.2, 0.25) is 0 Å². The van der Waals surface area contributed by atoms with Crippen molar-refractivity contribution in [1.29, 1.82) is 0 Å². The van der Waals surface area contributed by atoms with Crippen LogP contribution in [0.4, 0.5) is 0 Å². The molecule has 0 radical (unpaired) electrons. The highest BCUT2D eigenvalue weighted by atomic mass is 32.1. The van der Waals surface area contributed by atoms with Crippen molar-refractivity contribution >= 4 is 12.6 Å². The van der Waals surface area contributed by atoms with Crippen LogP contribution in [0.3, 0.4) is 0 Å². The summed E-state index contributed by atoms with van der Waals surface area (Å²) in [6, 6.07) is 0. The summed E-state index contributed by atoms with van der Waals surface area (Å²) in [5.41, 5.74) is 0.991. The maximum absolute atomic E-state index is 9.83. The van der Waals surface area contributed by atoms with Gasteiger partial charge < -0.3 is 5.11 Å². The van der Waals surface area contributed by atoms with Crippen LogP contribution in [0.1, 0.15) is 33.1 Å². The Hall–Kier alpha value is 0.0500. The second kappa shape index (κ2) is 3.43. The Morgan fingerprint density at radius 1 is 1.67 bits per heavy atom. The van der Waals surface area contributed by atoms with Gasteiger partial charge in [0.05, 0.1) is 10.9 Å². The van der Waals surface area contributed by atoms with Crippen molar-refractivity contribution in [2.75, 3.05) is 0 Å². The lowest BCUT2D eigenvalue weighted by atomic mass is 9.77. The van der Waals surface area contributed by atoms with Crippen molar-refractivity contribution in [2.24, 2.45) is 5.92 Å². The number of hydrogen-bond acceptors (Lipinski definition) is 2. The van der Waals surface area contributed by atoms with E-state index in [0.29, 0.717) is 5.92 Å². The minimum Gasteiger partial charge on any atom is -0.391 e. The predicted molar refractivity (Wildman–Crippen MR) is 55.6 cm³/mol. The monoisotopic (exact) mass is 186 g/mol. The molecule has 0 aromatic heterocycles. The molecule has 2 heteroatoms. The lowest BCUT2D eigenvalue weighted by Gasteiger charge is -2.40. The molecule has 1 saturated carbocycles. The Bertz CT molecular complexity index is 190. The zero-order chi connectivity index (χ0) is 9.35. The summed E-state index contributed by atoms with van der Waals surface area (Å²) in [4.78, 5) is 0. The average Bonchev–Trinajstić information content (AvgIpc) is 1.97. The van der Waals surface area contributed by atoms with Gasteiger partial charge in [-0.25, -0.2) is 0 Å². The van der Waals surface area contributed by atoms with Gasteiger partial charge >= 0.3 is 0 Å². The highest BCUT2D eigenvalue weighted by molar-refractivity contribution is 7.82. The Morgan fingerprint density at radius 3 is 2.67 bits per heavy atom. The zero-order valence-electron chi connectivity index (χ0n) is 7.88. The fourth-order valence-electron chi connectivity index (χ4n) is 1.82. The highest BCUT2D eigenvalue weighted by Gasteiger charge is 2.39. The van der Waals surface area contributed by atoms with Gasteiger partial charge in [0.2, 0.25) is 0 Å². The second-order valence-electron chi connectivity index (χ2n) is 4.10. The number of aliphatic hydroxyl groups excluding tert-OH is 1. The Labute approximate surface area is 80.3 Å². The van der Waals surface area contributed by atoms with Crippen LogP contribution in [-0.2, 0) is 0 Å². The van der Waals surface area contributed by atoms with E-state index in [-0.39, 0.29) is 10.9 Å². The van der Waals surface area contributed by atoms with E-state index in [0.717, 1.165) is 24.8 Å². The molecule has 0 aromatic rings. The third kappa shape index (κ3) is 1.69. The van der Waals surface area contributed by atoms with E-state index in [9.17, 15) is 5.11 Å². The molecule has 0 heterocycles. The van der Waals surface area contributed by atoms with Gasteiger partial charge in [-0.3, -0.25) is 0 Å². The summed E-state index contributed by atoms with van der Waals surface area (Å²) in [7, 11) is 0. The van der Waals surface area contributed by atoms with Crippen LogP contribution in [0, 0.1) is 5.92 Å². The van der Waals surface area contributed by atoms with Crippen molar-refractivity contribution < 1.29 is 5.11 Å². The van der Waals surface area contributed by atoms with Gasteiger partial charge in [-0.05, 0) is 32.1 Å². The number of aliphatic hydroxyl groups is 1. The second-order valence-corrected chi connectivity index (χ2v) is 4.90. The number of rotatable bonds is 1. The summed E-state index contributed by atoms with van der Waals surface area (Å²) in [5.74, 6) is 0.625. The van der Waals surface area contributed by atoms with Crippen LogP contribution in [0.25, 0.3) is 0 Å². The van der Waals surface area contributed by atoms with Crippen molar-refractivity contribution in [2.45, 2.75) is 44.0 Å². The van der Waals surface area contributed by atoms with E-state index >= 15 is 0 Å². The minimum absolute atomic E-state index is 0.318. The number of thiol groups is 1. The molecule has 1 aliphatic carbocycles. The lowest BCUT2D eigenvalue weighted by Crippen LogP contribution is -2.42. The largest absolute Gasteiger partial charge is 0.391 e. The topological polar surface area (TPSA) is 20.2 Å². The van der Waals surface area contributed by atoms with Crippen LogP contribution < -0.4 is 0 Å². The Balaban J connectivity index is 2.72. The summed E-state index contributed by atoms with van der Waals surface area (Å²) < 4.78 is -0.327. The summed E-state index contributed by atoms with van der Waals surface area (Å²) in [6.45, 7) is 8.02. The quantitative estimate of drug-likeness (QED) is 0.476. The maximum Gasteiger partial charge on any atom is 0.0724 e. The van der Waals surface area contributed by atoms with Gasteiger partial charge in [0.25, 0.3) is 0 Å². The van der Waals surface area contributed by atoms with Crippen LogP contribution in [-0.4, -0.2) is 16.0 Å². The predicted octanol–water partition coefficient (Wildman–Crippen LogP) is 2.41. The van der Waals surface area contributed by atoms with E-state index in [4.69, 9.17) is 0 Å². The fraction of sp³-hybridized carbons (Fsp3) is 0.800. The molecular formula is C10H18OS. The molecule has 12 heavy (non-hydrogen) atoms. The maximum atomic E-state index is 9.83. The van der Waals surface area contributed by atoms with Gasteiger partial charge in [-0.1, -0.05) is 19.1 Å². The van der Waals surface area contributed by atoms with E-state index in [1.54, 1.807) is 0 Å². The van der Waals surface area contributed by atoms with Crippen molar-refractivity contribution in [1.82, 2.24) is 0 Å². The molecule has 1 fully saturated rings. The van der Waals surface area contributed by atoms with Gasteiger partial charge in [-0.2, -0.15) is 12.6 Å². The molecule has 1 nitrogen and oxygen atoms in total. The molecule has 1 aliphatic rings. The molecule has 1 N–H and O–H groups in total. The standard InChI is InChI=1S/C10H18OS/c1-7(2)10(12)5-4-8(3)6-9(10)11/h8-9,11-12H,1,4-6H2,2-3H3/t8-,9+,10-/m0/s1. The lowest BCUT2D eigenvalue weighted by molar-refractivity contribution is 0.0835. The van der Waals surface area contributed by atoms with E-state index < -0.39 is 0 Å². The molecule has 0 unspecified atom stereocenters. The third-order valence-corrected chi connectivity index (χ3v) is 3.84. The van der Waals surface area contributed by atoms with Crippen molar-refractivity contribution in [3.8, 4) is 0 Å². The van der Waals surface area contributed by atoms with Crippen LogP contribution >= 0.6 is 12.6 Å². The molecular weight excluding hydrogens is 168 g/mol. The molecule has 0 bridgehead atoms. The highest BCUT2D eigenvalue weighted by Crippen LogP contribution is 2.41. The molecule has 0 saturated heterocycles. The zero-order valence-corrected chi connectivity index (χ0v) is 8.77. The SMILES string of the molecule is C=C(C)[C@@]1(S)CC[C@H](C)C[C@H]1O. The molecule has 0 aliphatic heterocycles. The van der Waals surface area contributed by atoms with E-state index in [1.165, 1.54) is 0 Å². The summed E-state index contributed by atoms with van der Waals surface area (Å²) in [5, 5.41) is 9.83. The summed E-state index contributed by atoms with van der Waals surface area (Å²) in [6.07, 6.45) is 2.64. The van der Waals surface area contributed by atoms with Crippen molar-refractivity contribution in [3.05, 3.63) is 12.2 Å². The van der Waals surface area contributed by atoms with E-state index in [1.807, 2.05) is 6.92 Å². The molecule has 0 amide bonds. The first kappa shape index (κ1) is 10.1. The normalized spacial score (nSPS) is 42.7. The minimum atomic E-state index is -0.327. The summed E-state index contributed by atoms with van der Waals surface area (Å²) >= 11 is 4.53. The van der Waals surface area contributed by atoms with Gasteiger partial charge in [0.15, 0.2) is 0 Å². The fourth-order valence-corrected chi connectivity index (χ4v) is 2.06. The molecule has 1 rings (SSSR count). The first-order valence-corrected chi connectivity index (χ1v) is 4.98. The van der Waals surface area contributed by atoms with Gasteiger partial charge in [-0.15, -0.1) is 0 Å². The Morgan fingerprint density at radius 2 is 2.25 bits per heavy atom.